The van der Waals surface area contributed by atoms with Crippen molar-refractivity contribution < 1.29 is 0 Å². The van der Waals surface area contributed by atoms with Crippen LogP contribution in [0, 0.1) is 0 Å². The molecule has 0 N–H and O–H groups in total. The van der Waals surface area contributed by atoms with Gasteiger partial charge in [0.05, 0.1) is 6.20 Å². The topological polar surface area (TPSA) is 34.0 Å². The number of rotatable bonds is 2. The Labute approximate surface area is 157 Å². The fourth-order valence-electron chi connectivity index (χ4n) is 3.52. The second kappa shape index (κ2) is 6.45. The molecule has 2 aromatic carbocycles. The van der Waals surface area contributed by atoms with Crippen LogP contribution < -0.4 is 0 Å². The van der Waals surface area contributed by atoms with E-state index in [0.29, 0.717) is 5.02 Å². The Morgan fingerprint density at radius 1 is 1.12 bits per heavy atom. The quantitative estimate of drug-likeness (QED) is 0.669. The first kappa shape index (κ1) is 16.6. The molecule has 4 nitrogen and oxygen atoms in total. The van der Waals surface area contributed by atoms with Gasteiger partial charge in [-0.15, -0.1) is 5.10 Å². The Morgan fingerprint density at radius 2 is 1.96 bits per heavy atom. The number of fused-ring (bicyclic) bond motifs is 1. The Balaban J connectivity index is 1.81. The first-order valence-electron chi connectivity index (χ1n) is 8.14. The molecule has 0 spiro atoms. The monoisotopic (exact) mass is 372 g/mol. The molecule has 0 saturated carbocycles. The Kier molecular flexibility index (Phi) is 4.28. The van der Waals surface area contributed by atoms with Crippen LogP contribution in [-0.2, 0) is 13.6 Å². The molecule has 3 aromatic rings. The van der Waals surface area contributed by atoms with E-state index < -0.39 is 0 Å². The minimum atomic E-state index is 0.224. The number of hydrogen-bond donors (Lipinski definition) is 0. The molecule has 0 bridgehead atoms. The molecule has 0 saturated heterocycles. The molecule has 0 radical (unpaired) electrons. The summed E-state index contributed by atoms with van der Waals surface area (Å²) >= 11 is 12.7. The van der Waals surface area contributed by atoms with Crippen LogP contribution in [0.4, 0.5) is 0 Å². The summed E-state index contributed by atoms with van der Waals surface area (Å²) in [6.45, 7) is 1.76. The second-order valence-electron chi connectivity index (χ2n) is 6.61. The van der Waals surface area contributed by atoms with Crippen molar-refractivity contribution in [3.63, 3.8) is 0 Å². The molecular formula is C19H18Cl2N4. The van der Waals surface area contributed by atoms with Crippen molar-refractivity contribution in [3.8, 4) is 11.3 Å². The van der Waals surface area contributed by atoms with Crippen molar-refractivity contribution in [1.29, 1.82) is 0 Å². The predicted molar refractivity (Wildman–Crippen MR) is 101 cm³/mol. The average molecular weight is 373 g/mol. The maximum Gasteiger partial charge on any atom is 0.113 e. The van der Waals surface area contributed by atoms with E-state index in [9.17, 15) is 0 Å². The van der Waals surface area contributed by atoms with E-state index in [1.807, 2.05) is 19.3 Å². The molecule has 128 valence electrons. The van der Waals surface area contributed by atoms with Gasteiger partial charge in [0.25, 0.3) is 0 Å². The molecule has 1 atom stereocenters. The number of likely N-dealkylation sites (N-methyl/N-ethyl adjacent to an activating group) is 1. The van der Waals surface area contributed by atoms with Gasteiger partial charge in [-0.2, -0.15) is 0 Å². The highest BCUT2D eigenvalue weighted by Crippen LogP contribution is 2.39. The van der Waals surface area contributed by atoms with Crippen molar-refractivity contribution in [2.45, 2.75) is 12.5 Å². The maximum atomic E-state index is 6.46. The summed E-state index contributed by atoms with van der Waals surface area (Å²) in [7, 11) is 3.99. The summed E-state index contributed by atoms with van der Waals surface area (Å²) in [6.07, 6.45) is 1.92. The van der Waals surface area contributed by atoms with Gasteiger partial charge < -0.3 is 4.90 Å². The van der Waals surface area contributed by atoms with Crippen molar-refractivity contribution in [2.75, 3.05) is 13.6 Å². The largest absolute Gasteiger partial charge is 0.301 e. The van der Waals surface area contributed by atoms with Gasteiger partial charge in [0.2, 0.25) is 0 Å². The van der Waals surface area contributed by atoms with E-state index in [4.69, 9.17) is 23.2 Å². The lowest BCUT2D eigenvalue weighted by Crippen LogP contribution is -2.31. The Bertz CT molecular complexity index is 935. The van der Waals surface area contributed by atoms with E-state index >= 15 is 0 Å². The second-order valence-corrected chi connectivity index (χ2v) is 7.45. The van der Waals surface area contributed by atoms with Gasteiger partial charge in [-0.05, 0) is 41.9 Å². The molecule has 6 heteroatoms. The molecule has 0 amide bonds. The van der Waals surface area contributed by atoms with Gasteiger partial charge in [0.1, 0.15) is 5.69 Å². The Hall–Kier alpha value is -1.88. The first-order valence-corrected chi connectivity index (χ1v) is 8.90. The minimum Gasteiger partial charge on any atom is -0.301 e. The highest BCUT2D eigenvalue weighted by molar-refractivity contribution is 6.35. The van der Waals surface area contributed by atoms with Crippen LogP contribution >= 0.6 is 23.2 Å². The maximum absolute atomic E-state index is 6.46. The summed E-state index contributed by atoms with van der Waals surface area (Å²) in [6, 6.07) is 12.4. The zero-order chi connectivity index (χ0) is 17.6. The molecule has 1 aromatic heterocycles. The minimum absolute atomic E-state index is 0.224. The first-order chi connectivity index (χ1) is 12.0. The van der Waals surface area contributed by atoms with Gasteiger partial charge in [-0.3, -0.25) is 4.68 Å². The number of hydrogen-bond acceptors (Lipinski definition) is 3. The van der Waals surface area contributed by atoms with Crippen molar-refractivity contribution in [1.82, 2.24) is 19.9 Å². The van der Waals surface area contributed by atoms with Gasteiger partial charge in [0.15, 0.2) is 0 Å². The molecule has 25 heavy (non-hydrogen) atoms. The molecular weight excluding hydrogens is 355 g/mol. The SMILES string of the molecule is CN1Cc2c(Cl)cc(Cl)cc2C(c2cccc(-c3cn(C)nn3)c2)C1. The fourth-order valence-corrected chi connectivity index (χ4v) is 4.09. The normalized spacial score (nSPS) is 17.5. The van der Waals surface area contributed by atoms with Crippen LogP contribution in [0.25, 0.3) is 11.3 Å². The summed E-state index contributed by atoms with van der Waals surface area (Å²) in [5.74, 6) is 0.224. The number of halogens is 2. The fraction of sp³-hybridized carbons (Fsp3) is 0.263. The van der Waals surface area contributed by atoms with Gasteiger partial charge in [-0.1, -0.05) is 46.6 Å². The van der Waals surface area contributed by atoms with Gasteiger partial charge in [-0.25, -0.2) is 0 Å². The summed E-state index contributed by atoms with van der Waals surface area (Å²) < 4.78 is 1.71. The zero-order valence-electron chi connectivity index (χ0n) is 14.1. The summed E-state index contributed by atoms with van der Waals surface area (Å²) in [5.41, 5.74) is 5.54. The van der Waals surface area contributed by atoms with Crippen LogP contribution in [-0.4, -0.2) is 33.5 Å². The van der Waals surface area contributed by atoms with Gasteiger partial charge in [0, 0.05) is 41.7 Å². The highest BCUT2D eigenvalue weighted by Gasteiger charge is 2.27. The highest BCUT2D eigenvalue weighted by atomic mass is 35.5. The molecule has 1 unspecified atom stereocenters. The molecule has 2 heterocycles. The van der Waals surface area contributed by atoms with Gasteiger partial charge >= 0.3 is 0 Å². The van der Waals surface area contributed by atoms with Crippen molar-refractivity contribution in [2.24, 2.45) is 7.05 Å². The van der Waals surface area contributed by atoms with Crippen molar-refractivity contribution >= 4 is 23.2 Å². The summed E-state index contributed by atoms with van der Waals surface area (Å²) in [5, 5.41) is 9.67. The zero-order valence-corrected chi connectivity index (χ0v) is 15.6. The average Bonchev–Trinajstić information content (AvgIpc) is 3.02. The molecule has 0 fully saturated rings. The van der Waals surface area contributed by atoms with E-state index in [0.717, 1.165) is 34.9 Å². The lowest BCUT2D eigenvalue weighted by molar-refractivity contribution is 0.295. The summed E-state index contributed by atoms with van der Waals surface area (Å²) in [4.78, 5) is 2.29. The third-order valence-corrected chi connectivity index (χ3v) is 5.24. The third-order valence-electron chi connectivity index (χ3n) is 4.68. The molecule has 0 aliphatic carbocycles. The smallest absolute Gasteiger partial charge is 0.113 e. The third kappa shape index (κ3) is 3.17. The van der Waals surface area contributed by atoms with E-state index in [1.165, 1.54) is 11.1 Å². The van der Waals surface area contributed by atoms with E-state index in [-0.39, 0.29) is 5.92 Å². The Morgan fingerprint density at radius 3 is 2.72 bits per heavy atom. The standard InChI is InChI=1S/C19H18Cl2N4/c1-24-9-16(15-7-14(20)8-18(21)17(15)10-24)12-4-3-5-13(6-12)19-11-25(2)23-22-19/h3-8,11,16H,9-10H2,1-2H3. The lowest BCUT2D eigenvalue weighted by atomic mass is 9.84. The van der Waals surface area contributed by atoms with Crippen LogP contribution in [0.5, 0.6) is 0 Å². The van der Waals surface area contributed by atoms with E-state index in [2.05, 4.69) is 52.6 Å². The molecule has 1 aliphatic heterocycles. The number of aryl methyl sites for hydroxylation is 1. The number of nitrogens with zero attached hydrogens (tertiary/aromatic N) is 4. The van der Waals surface area contributed by atoms with Crippen LogP contribution in [0.15, 0.2) is 42.6 Å². The van der Waals surface area contributed by atoms with Crippen LogP contribution in [0.1, 0.15) is 22.6 Å². The number of benzene rings is 2. The lowest BCUT2D eigenvalue weighted by Gasteiger charge is -2.33. The van der Waals surface area contributed by atoms with E-state index in [1.54, 1.807) is 4.68 Å². The molecule has 4 rings (SSSR count). The van der Waals surface area contributed by atoms with Crippen LogP contribution in [0.2, 0.25) is 10.0 Å². The number of aromatic nitrogens is 3. The van der Waals surface area contributed by atoms with Crippen LogP contribution in [0.3, 0.4) is 0 Å². The van der Waals surface area contributed by atoms with Crippen molar-refractivity contribution in [3.05, 3.63) is 69.3 Å². The predicted octanol–water partition coefficient (Wildman–Crippen LogP) is 4.37. The molecule has 1 aliphatic rings.